The lowest BCUT2D eigenvalue weighted by Crippen LogP contribution is -2.47. The highest BCUT2D eigenvalue weighted by Crippen LogP contribution is 2.21. The molecular weight excluding hydrogens is 204 g/mol. The average molecular weight is 228 g/mol. The summed E-state index contributed by atoms with van der Waals surface area (Å²) < 4.78 is 11.1. The summed E-state index contributed by atoms with van der Waals surface area (Å²) in [5, 5.41) is 0. The van der Waals surface area contributed by atoms with Crippen LogP contribution in [0, 0.1) is 0 Å². The summed E-state index contributed by atoms with van der Waals surface area (Å²) in [6, 6.07) is 0.0835. The molecule has 0 aromatic rings. The molecule has 1 aliphatic heterocycles. The first-order valence-electron chi connectivity index (χ1n) is 6.21. The molecule has 3 N–H and O–H groups in total. The third-order valence-electron chi connectivity index (χ3n) is 2.87. The fourth-order valence-electron chi connectivity index (χ4n) is 2.11. The van der Waals surface area contributed by atoms with E-state index in [9.17, 15) is 0 Å². The molecule has 4 heteroatoms. The number of rotatable bonds is 7. The van der Waals surface area contributed by atoms with Gasteiger partial charge >= 0.3 is 0 Å². The monoisotopic (exact) mass is 228 g/mol. The van der Waals surface area contributed by atoms with Crippen LogP contribution in [0.15, 0.2) is 11.8 Å². The quantitative estimate of drug-likeness (QED) is 0.514. The van der Waals surface area contributed by atoms with E-state index in [1.807, 2.05) is 13.2 Å². The molecule has 0 aromatic carbocycles. The van der Waals surface area contributed by atoms with Crippen molar-refractivity contribution in [2.75, 3.05) is 13.2 Å². The van der Waals surface area contributed by atoms with Crippen LogP contribution in [0.1, 0.15) is 39.5 Å². The highest BCUT2D eigenvalue weighted by atomic mass is 16.5. The molecule has 16 heavy (non-hydrogen) atoms. The van der Waals surface area contributed by atoms with Crippen LogP contribution in [0.3, 0.4) is 0 Å². The maximum Gasteiger partial charge on any atom is 0.0876 e. The van der Waals surface area contributed by atoms with Crippen LogP contribution in [0.25, 0.3) is 0 Å². The van der Waals surface area contributed by atoms with Gasteiger partial charge < -0.3 is 9.47 Å². The van der Waals surface area contributed by atoms with Gasteiger partial charge in [0.05, 0.1) is 25.0 Å². The van der Waals surface area contributed by atoms with E-state index in [0.29, 0.717) is 0 Å². The lowest BCUT2D eigenvalue weighted by Gasteiger charge is -2.29. The van der Waals surface area contributed by atoms with Gasteiger partial charge in [-0.2, -0.15) is 0 Å². The van der Waals surface area contributed by atoms with Gasteiger partial charge in [0.15, 0.2) is 0 Å². The first-order valence-corrected chi connectivity index (χ1v) is 6.21. The fourth-order valence-corrected chi connectivity index (χ4v) is 2.11. The zero-order valence-electron chi connectivity index (χ0n) is 10.4. The Bertz CT molecular complexity index is 213. The number of ether oxygens (including phenoxy) is 2. The number of nitrogens with two attached hydrogens (primary N) is 1. The van der Waals surface area contributed by atoms with Gasteiger partial charge in [-0.15, -0.1) is 0 Å². The molecule has 0 saturated heterocycles. The zero-order chi connectivity index (χ0) is 11.8. The lowest BCUT2D eigenvalue weighted by molar-refractivity contribution is 0.0338. The highest BCUT2D eigenvalue weighted by molar-refractivity contribution is 5.12. The van der Waals surface area contributed by atoms with Crippen molar-refractivity contribution in [1.82, 2.24) is 5.43 Å². The van der Waals surface area contributed by atoms with Gasteiger partial charge in [-0.1, -0.05) is 13.3 Å². The van der Waals surface area contributed by atoms with Crippen molar-refractivity contribution in [3.63, 3.8) is 0 Å². The normalized spacial score (nSPS) is 19.8. The van der Waals surface area contributed by atoms with Crippen LogP contribution in [-0.2, 0) is 9.47 Å². The van der Waals surface area contributed by atoms with E-state index < -0.39 is 0 Å². The summed E-state index contributed by atoms with van der Waals surface area (Å²) >= 11 is 0. The van der Waals surface area contributed by atoms with Crippen LogP contribution in [0.5, 0.6) is 0 Å². The Kier molecular flexibility index (Phi) is 6.45. The number of hydrogen-bond acceptors (Lipinski definition) is 4. The smallest absolute Gasteiger partial charge is 0.0876 e. The van der Waals surface area contributed by atoms with E-state index in [-0.39, 0.29) is 12.1 Å². The molecule has 94 valence electrons. The molecule has 0 radical (unpaired) electrons. The molecule has 0 aromatic heterocycles. The van der Waals surface area contributed by atoms with Crippen LogP contribution in [0.2, 0.25) is 0 Å². The Morgan fingerprint density at radius 1 is 1.56 bits per heavy atom. The van der Waals surface area contributed by atoms with E-state index >= 15 is 0 Å². The standard InChI is InChI=1S/C12H24N2O2/c1-3-6-11(16-4-2)12(14-13)10-7-5-8-15-9-10/h9,11-12,14H,3-8,13H2,1-2H3. The second kappa shape index (κ2) is 7.65. The molecule has 0 bridgehead atoms. The molecule has 0 aliphatic carbocycles. The number of hydrogen-bond donors (Lipinski definition) is 2. The minimum atomic E-state index is 0.0835. The minimum absolute atomic E-state index is 0.0835. The molecular formula is C12H24N2O2. The fraction of sp³-hybridized carbons (Fsp3) is 0.833. The van der Waals surface area contributed by atoms with Gasteiger partial charge in [0.1, 0.15) is 0 Å². The van der Waals surface area contributed by atoms with Crippen molar-refractivity contribution in [3.8, 4) is 0 Å². The summed E-state index contributed by atoms with van der Waals surface area (Å²) in [5.41, 5.74) is 4.09. The second-order valence-electron chi connectivity index (χ2n) is 4.09. The van der Waals surface area contributed by atoms with Crippen molar-refractivity contribution in [2.24, 2.45) is 5.84 Å². The SMILES string of the molecule is CCCC(OCC)C(NN)C1=COCCC1. The molecule has 4 nitrogen and oxygen atoms in total. The predicted octanol–water partition coefficient (Wildman–Crippen LogP) is 1.72. The summed E-state index contributed by atoms with van der Waals surface area (Å²) in [4.78, 5) is 0. The first kappa shape index (κ1) is 13.5. The van der Waals surface area contributed by atoms with Gasteiger partial charge in [0.25, 0.3) is 0 Å². The topological polar surface area (TPSA) is 56.5 Å². The van der Waals surface area contributed by atoms with Gasteiger partial charge in [0, 0.05) is 6.61 Å². The number of hydrazine groups is 1. The molecule has 1 heterocycles. The molecule has 0 saturated carbocycles. The van der Waals surface area contributed by atoms with Crippen LogP contribution >= 0.6 is 0 Å². The van der Waals surface area contributed by atoms with Crippen molar-refractivity contribution in [3.05, 3.63) is 11.8 Å². The summed E-state index contributed by atoms with van der Waals surface area (Å²) in [7, 11) is 0. The van der Waals surface area contributed by atoms with Crippen molar-refractivity contribution < 1.29 is 9.47 Å². The zero-order valence-corrected chi connectivity index (χ0v) is 10.4. The van der Waals surface area contributed by atoms with E-state index in [1.54, 1.807) is 0 Å². The lowest BCUT2D eigenvalue weighted by atomic mass is 9.95. The van der Waals surface area contributed by atoms with Crippen LogP contribution < -0.4 is 11.3 Å². The maximum absolute atomic E-state index is 5.75. The largest absolute Gasteiger partial charge is 0.501 e. The van der Waals surface area contributed by atoms with Gasteiger partial charge in [0.2, 0.25) is 0 Å². The van der Waals surface area contributed by atoms with Crippen molar-refractivity contribution in [1.29, 1.82) is 0 Å². The van der Waals surface area contributed by atoms with Crippen LogP contribution in [0.4, 0.5) is 0 Å². The van der Waals surface area contributed by atoms with E-state index in [4.69, 9.17) is 15.3 Å². The Morgan fingerprint density at radius 3 is 2.88 bits per heavy atom. The summed E-state index contributed by atoms with van der Waals surface area (Å²) in [6.07, 6.45) is 6.21. The Hall–Kier alpha value is -0.580. The van der Waals surface area contributed by atoms with Gasteiger partial charge in [-0.05, 0) is 31.8 Å². The Morgan fingerprint density at radius 2 is 2.38 bits per heavy atom. The summed E-state index contributed by atoms with van der Waals surface area (Å²) in [6.45, 7) is 5.71. The molecule has 0 amide bonds. The highest BCUT2D eigenvalue weighted by Gasteiger charge is 2.25. The van der Waals surface area contributed by atoms with Crippen molar-refractivity contribution >= 4 is 0 Å². The number of nitrogens with one attached hydrogen (secondary N) is 1. The third-order valence-corrected chi connectivity index (χ3v) is 2.87. The average Bonchev–Trinajstić information content (AvgIpc) is 2.32. The predicted molar refractivity (Wildman–Crippen MR) is 64.7 cm³/mol. The molecule has 2 atom stereocenters. The van der Waals surface area contributed by atoms with E-state index in [1.165, 1.54) is 5.57 Å². The van der Waals surface area contributed by atoms with Gasteiger partial charge in [-0.25, -0.2) is 0 Å². The molecule has 0 spiro atoms. The first-order chi connectivity index (χ1) is 7.83. The molecule has 1 aliphatic rings. The van der Waals surface area contributed by atoms with Gasteiger partial charge in [-0.3, -0.25) is 11.3 Å². The van der Waals surface area contributed by atoms with E-state index in [2.05, 4.69) is 12.3 Å². The summed E-state index contributed by atoms with van der Waals surface area (Å²) in [5.74, 6) is 5.64. The Balaban J connectivity index is 2.64. The Labute approximate surface area is 98.1 Å². The molecule has 0 fully saturated rings. The second-order valence-corrected chi connectivity index (χ2v) is 4.09. The van der Waals surface area contributed by atoms with E-state index in [0.717, 1.165) is 38.9 Å². The minimum Gasteiger partial charge on any atom is -0.501 e. The van der Waals surface area contributed by atoms with Crippen molar-refractivity contribution in [2.45, 2.75) is 51.7 Å². The van der Waals surface area contributed by atoms with Crippen LogP contribution in [-0.4, -0.2) is 25.4 Å². The maximum atomic E-state index is 5.75. The third kappa shape index (κ3) is 3.77. The molecule has 1 rings (SSSR count). The molecule has 2 unspecified atom stereocenters.